The van der Waals surface area contributed by atoms with Gasteiger partial charge in [0.05, 0.1) is 24.3 Å². The lowest BCUT2D eigenvalue weighted by Crippen LogP contribution is -2.54. The van der Waals surface area contributed by atoms with Crippen molar-refractivity contribution in [2.24, 2.45) is 5.41 Å². The number of aliphatic hydroxyl groups is 1. The second-order valence-corrected chi connectivity index (χ2v) is 6.20. The van der Waals surface area contributed by atoms with Crippen molar-refractivity contribution >= 4 is 5.97 Å². The van der Waals surface area contributed by atoms with Crippen LogP contribution in [0.4, 0.5) is 0 Å². The molecule has 130 valence electrons. The van der Waals surface area contributed by atoms with Crippen LogP contribution in [0.3, 0.4) is 0 Å². The molecule has 2 aromatic heterocycles. The summed E-state index contributed by atoms with van der Waals surface area (Å²) in [5.74, 6) is 0.385. The summed E-state index contributed by atoms with van der Waals surface area (Å²) in [6.45, 7) is 3.12. The van der Waals surface area contributed by atoms with E-state index in [-0.39, 0.29) is 6.54 Å². The largest absolute Gasteiger partial charge is 0.481 e. The number of piperidine rings is 1. The summed E-state index contributed by atoms with van der Waals surface area (Å²) in [7, 11) is 0. The number of hydrogen-bond donors (Lipinski definition) is 2. The van der Waals surface area contributed by atoms with Gasteiger partial charge in [0.2, 0.25) is 11.7 Å². The number of hydrogen-bond acceptors (Lipinski definition) is 7. The molecule has 1 aliphatic heterocycles. The van der Waals surface area contributed by atoms with E-state index >= 15 is 0 Å². The third kappa shape index (κ3) is 3.07. The van der Waals surface area contributed by atoms with Gasteiger partial charge in [0.25, 0.3) is 0 Å². The molecule has 0 aliphatic carbocycles. The van der Waals surface area contributed by atoms with Gasteiger partial charge in [0, 0.05) is 6.54 Å². The fourth-order valence-electron chi connectivity index (χ4n) is 3.29. The van der Waals surface area contributed by atoms with Gasteiger partial charge in [0.15, 0.2) is 5.76 Å². The van der Waals surface area contributed by atoms with E-state index in [1.165, 1.54) is 6.26 Å². The van der Waals surface area contributed by atoms with Gasteiger partial charge < -0.3 is 19.2 Å². The first-order valence-electron chi connectivity index (χ1n) is 8.05. The molecule has 0 aromatic carbocycles. The van der Waals surface area contributed by atoms with Gasteiger partial charge in [0.1, 0.15) is 0 Å². The molecule has 0 saturated carbocycles. The Labute approximate surface area is 139 Å². The van der Waals surface area contributed by atoms with Crippen LogP contribution in [0.1, 0.15) is 32.1 Å². The highest BCUT2D eigenvalue weighted by atomic mass is 16.5. The van der Waals surface area contributed by atoms with E-state index in [9.17, 15) is 15.0 Å². The molecular formula is C16H21N3O5. The van der Waals surface area contributed by atoms with Crippen molar-refractivity contribution in [3.63, 3.8) is 0 Å². The van der Waals surface area contributed by atoms with Crippen molar-refractivity contribution in [3.05, 3.63) is 24.3 Å². The molecule has 8 nitrogen and oxygen atoms in total. The third-order valence-electron chi connectivity index (χ3n) is 4.63. The monoisotopic (exact) mass is 335 g/mol. The quantitative estimate of drug-likeness (QED) is 0.821. The number of aromatic nitrogens is 2. The van der Waals surface area contributed by atoms with Gasteiger partial charge in [-0.2, -0.15) is 4.98 Å². The van der Waals surface area contributed by atoms with E-state index in [0.717, 1.165) is 6.42 Å². The van der Waals surface area contributed by atoms with Crippen molar-refractivity contribution in [2.45, 2.75) is 38.8 Å². The van der Waals surface area contributed by atoms with Crippen molar-refractivity contribution in [1.29, 1.82) is 0 Å². The molecule has 1 saturated heterocycles. The van der Waals surface area contributed by atoms with Crippen LogP contribution in [0.2, 0.25) is 0 Å². The van der Waals surface area contributed by atoms with Crippen LogP contribution in [-0.2, 0) is 11.3 Å². The number of carboxylic acids is 1. The molecule has 24 heavy (non-hydrogen) atoms. The first-order valence-corrected chi connectivity index (χ1v) is 8.05. The molecule has 3 rings (SSSR count). The van der Waals surface area contributed by atoms with Gasteiger partial charge in [-0.3, -0.25) is 9.69 Å². The summed E-state index contributed by atoms with van der Waals surface area (Å²) >= 11 is 0. The Kier molecular flexibility index (Phi) is 4.68. The normalized spacial score (nSPS) is 25.0. The predicted octanol–water partition coefficient (Wildman–Crippen LogP) is 1.77. The Balaban J connectivity index is 1.65. The van der Waals surface area contributed by atoms with Crippen LogP contribution in [0.5, 0.6) is 0 Å². The second-order valence-electron chi connectivity index (χ2n) is 6.20. The lowest BCUT2D eigenvalue weighted by atomic mass is 9.73. The highest BCUT2D eigenvalue weighted by Crippen LogP contribution is 2.37. The topological polar surface area (TPSA) is 113 Å². The number of furan rings is 1. The zero-order chi connectivity index (χ0) is 17.2. The fourth-order valence-corrected chi connectivity index (χ4v) is 3.29. The Bertz CT molecular complexity index is 684. The highest BCUT2D eigenvalue weighted by Gasteiger charge is 2.47. The number of rotatable bonds is 6. The predicted molar refractivity (Wildman–Crippen MR) is 82.9 cm³/mol. The summed E-state index contributed by atoms with van der Waals surface area (Å²) < 4.78 is 10.4. The molecule has 1 aliphatic rings. The Morgan fingerprint density at radius 3 is 3.00 bits per heavy atom. The zero-order valence-electron chi connectivity index (χ0n) is 13.5. The van der Waals surface area contributed by atoms with Gasteiger partial charge in [-0.1, -0.05) is 18.5 Å². The van der Waals surface area contributed by atoms with E-state index in [4.69, 9.17) is 8.94 Å². The average Bonchev–Trinajstić information content (AvgIpc) is 3.21. The number of carbonyl (C=O) groups is 1. The fraction of sp³-hybridized carbons (Fsp3) is 0.562. The number of β-amino-alcohol motifs (C(OH)–C–C–N with tert-alkyl or cyclic N) is 1. The van der Waals surface area contributed by atoms with Gasteiger partial charge in [-0.15, -0.1) is 0 Å². The van der Waals surface area contributed by atoms with Crippen LogP contribution in [-0.4, -0.2) is 50.4 Å². The first kappa shape index (κ1) is 16.7. The number of likely N-dealkylation sites (tertiary alicyclic amines) is 1. The minimum Gasteiger partial charge on any atom is -0.481 e. The molecule has 8 heteroatoms. The molecule has 1 fully saturated rings. The minimum absolute atomic E-state index is 0.269. The second kappa shape index (κ2) is 6.74. The Morgan fingerprint density at radius 2 is 2.38 bits per heavy atom. The third-order valence-corrected chi connectivity index (χ3v) is 4.63. The standard InChI is InChI=1S/C16H21N3O5/c1-2-5-16(15(21)22)6-7-19(9-12(16)20)10-13-17-14(18-24-13)11-4-3-8-23-11/h3-4,8,12,20H,2,5-7,9-10H2,1H3,(H,21,22)/t12-,16+/m1/s1. The molecule has 0 bridgehead atoms. The molecule has 0 spiro atoms. The number of nitrogens with zero attached hydrogens (tertiary/aromatic N) is 3. The molecule has 2 N–H and O–H groups in total. The van der Waals surface area contributed by atoms with E-state index in [0.29, 0.717) is 43.4 Å². The van der Waals surface area contributed by atoms with Gasteiger partial charge in [-0.05, 0) is 31.5 Å². The van der Waals surface area contributed by atoms with Crippen LogP contribution >= 0.6 is 0 Å². The summed E-state index contributed by atoms with van der Waals surface area (Å²) in [5, 5.41) is 23.8. The van der Waals surface area contributed by atoms with Crippen molar-refractivity contribution in [2.75, 3.05) is 13.1 Å². The van der Waals surface area contributed by atoms with Crippen LogP contribution in [0, 0.1) is 5.41 Å². The molecule has 0 unspecified atom stereocenters. The summed E-state index contributed by atoms with van der Waals surface area (Å²) in [6, 6.07) is 3.48. The number of carboxylic acid groups (broad SMARTS) is 1. The van der Waals surface area contributed by atoms with Crippen LogP contribution in [0.25, 0.3) is 11.6 Å². The Hall–Kier alpha value is -2.19. The van der Waals surface area contributed by atoms with Crippen molar-refractivity contribution in [1.82, 2.24) is 15.0 Å². The molecular weight excluding hydrogens is 314 g/mol. The number of aliphatic hydroxyl groups excluding tert-OH is 1. The lowest BCUT2D eigenvalue weighted by molar-refractivity contribution is -0.164. The van der Waals surface area contributed by atoms with Crippen LogP contribution in [0.15, 0.2) is 27.3 Å². The maximum atomic E-state index is 11.6. The zero-order valence-corrected chi connectivity index (χ0v) is 13.5. The first-order chi connectivity index (χ1) is 11.5. The van der Waals surface area contributed by atoms with Gasteiger partial charge >= 0.3 is 5.97 Å². The summed E-state index contributed by atoms with van der Waals surface area (Å²) in [6.07, 6.45) is 2.21. The van der Waals surface area contributed by atoms with E-state index in [1.54, 1.807) is 12.1 Å². The maximum absolute atomic E-state index is 11.6. The molecule has 2 aromatic rings. The number of aliphatic carboxylic acids is 1. The van der Waals surface area contributed by atoms with E-state index < -0.39 is 17.5 Å². The van der Waals surface area contributed by atoms with E-state index in [1.807, 2.05) is 11.8 Å². The molecule has 0 amide bonds. The Morgan fingerprint density at radius 1 is 1.54 bits per heavy atom. The van der Waals surface area contributed by atoms with Crippen molar-refractivity contribution in [3.8, 4) is 11.6 Å². The lowest BCUT2D eigenvalue weighted by Gasteiger charge is -2.42. The minimum atomic E-state index is -1.06. The molecule has 2 atom stereocenters. The van der Waals surface area contributed by atoms with Gasteiger partial charge in [-0.25, -0.2) is 0 Å². The van der Waals surface area contributed by atoms with E-state index in [2.05, 4.69) is 10.1 Å². The van der Waals surface area contributed by atoms with Crippen LogP contribution < -0.4 is 0 Å². The molecule has 0 radical (unpaired) electrons. The summed E-state index contributed by atoms with van der Waals surface area (Å²) in [4.78, 5) is 17.8. The smallest absolute Gasteiger partial charge is 0.312 e. The molecule has 3 heterocycles. The summed E-state index contributed by atoms with van der Waals surface area (Å²) in [5.41, 5.74) is -1.06. The average molecular weight is 335 g/mol. The highest BCUT2D eigenvalue weighted by molar-refractivity contribution is 5.75. The van der Waals surface area contributed by atoms with Crippen molar-refractivity contribution < 1.29 is 23.9 Å². The SMILES string of the molecule is CCC[C@]1(C(=O)O)CCN(Cc2nc(-c3ccco3)no2)C[C@H]1O. The maximum Gasteiger partial charge on any atom is 0.312 e.